The minimum absolute atomic E-state index is 0.0180. The number of carbonyl (C=O) groups excluding carboxylic acids is 2. The van der Waals surface area contributed by atoms with Gasteiger partial charge in [0.1, 0.15) is 5.75 Å². The van der Waals surface area contributed by atoms with Gasteiger partial charge in [-0.05, 0) is 24.3 Å². The second-order valence-corrected chi connectivity index (χ2v) is 6.64. The Morgan fingerprint density at radius 2 is 1.50 bits per heavy atom. The molecule has 0 bridgehead atoms. The van der Waals surface area contributed by atoms with E-state index in [0.717, 1.165) is 0 Å². The van der Waals surface area contributed by atoms with E-state index < -0.39 is 21.4 Å². The first-order valence-electron chi connectivity index (χ1n) is 6.57. The maximum absolute atomic E-state index is 12.2. The van der Waals surface area contributed by atoms with Crippen LogP contribution in [0.4, 0.5) is 0 Å². The number of ketones is 1. The third-order valence-corrected chi connectivity index (χ3v) is 4.75. The molecule has 1 amide bonds. The molecule has 0 aliphatic heterocycles. The Bertz CT molecular complexity index is 781. The molecule has 0 radical (unpaired) electrons. The number of hydrogen-bond donors (Lipinski definition) is 1. The third-order valence-electron chi connectivity index (χ3n) is 3.12. The molecular weight excluding hydrogens is 302 g/mol. The smallest absolute Gasteiger partial charge is 0.251 e. The molecule has 0 unspecified atom stereocenters. The topological polar surface area (TPSA) is 80.3 Å². The van der Waals surface area contributed by atoms with Gasteiger partial charge in [-0.1, -0.05) is 30.3 Å². The average molecular weight is 317 g/mol. The summed E-state index contributed by atoms with van der Waals surface area (Å²) in [6, 6.07) is 13.8. The number of amides is 1. The van der Waals surface area contributed by atoms with Crippen molar-refractivity contribution in [3.63, 3.8) is 0 Å². The molecule has 0 aliphatic rings. The number of Topliss-reactive ketones (excluding diaryl/α,β-unsaturated/α-hetero) is 1. The molecule has 2 rings (SSSR count). The standard InChI is InChI=1S/C16H15NO4S/c1-17-16(19)13-7-9-14(10-8-13)22(20,21)11-15(18)12-5-3-2-4-6-12/h2-10H,11H2,1H3,(H,17,19). The monoisotopic (exact) mass is 317 g/mol. The van der Waals surface area contributed by atoms with E-state index in [2.05, 4.69) is 5.32 Å². The van der Waals surface area contributed by atoms with Gasteiger partial charge in [-0.3, -0.25) is 9.59 Å². The Morgan fingerprint density at radius 3 is 2.05 bits per heavy atom. The Morgan fingerprint density at radius 1 is 0.909 bits per heavy atom. The summed E-state index contributed by atoms with van der Waals surface area (Å²) >= 11 is 0. The van der Waals surface area contributed by atoms with E-state index in [9.17, 15) is 18.0 Å². The van der Waals surface area contributed by atoms with E-state index in [4.69, 9.17) is 0 Å². The van der Waals surface area contributed by atoms with Gasteiger partial charge in [0.2, 0.25) is 0 Å². The third kappa shape index (κ3) is 3.59. The number of sulfone groups is 1. The summed E-state index contributed by atoms with van der Waals surface area (Å²) < 4.78 is 24.5. The fourth-order valence-corrected chi connectivity index (χ4v) is 3.15. The van der Waals surface area contributed by atoms with Crippen LogP contribution < -0.4 is 5.32 Å². The minimum atomic E-state index is -3.74. The first kappa shape index (κ1) is 15.9. The molecule has 6 heteroatoms. The maximum atomic E-state index is 12.2. The molecule has 0 heterocycles. The molecule has 0 saturated carbocycles. The van der Waals surface area contributed by atoms with Crippen LogP contribution in [0.2, 0.25) is 0 Å². The lowest BCUT2D eigenvalue weighted by atomic mass is 10.2. The van der Waals surface area contributed by atoms with Gasteiger partial charge in [-0.15, -0.1) is 0 Å². The predicted octanol–water partition coefficient (Wildman–Crippen LogP) is 1.70. The summed E-state index contributed by atoms with van der Waals surface area (Å²) in [6.07, 6.45) is 0. The van der Waals surface area contributed by atoms with Gasteiger partial charge >= 0.3 is 0 Å². The Labute approximate surface area is 128 Å². The molecule has 22 heavy (non-hydrogen) atoms. The van der Waals surface area contributed by atoms with Crippen LogP contribution in [0.1, 0.15) is 20.7 Å². The van der Waals surface area contributed by atoms with E-state index in [1.54, 1.807) is 30.3 Å². The number of nitrogens with one attached hydrogen (secondary N) is 1. The van der Waals surface area contributed by atoms with Crippen molar-refractivity contribution < 1.29 is 18.0 Å². The van der Waals surface area contributed by atoms with Crippen molar-refractivity contribution in [2.75, 3.05) is 12.8 Å². The molecule has 0 atom stereocenters. The molecule has 0 saturated heterocycles. The van der Waals surface area contributed by atoms with Crippen molar-refractivity contribution >= 4 is 21.5 Å². The maximum Gasteiger partial charge on any atom is 0.251 e. The summed E-state index contributed by atoms with van der Waals surface area (Å²) in [5.41, 5.74) is 0.712. The molecule has 1 N–H and O–H groups in total. The highest BCUT2D eigenvalue weighted by Crippen LogP contribution is 2.14. The molecule has 2 aromatic rings. The molecule has 2 aromatic carbocycles. The number of benzene rings is 2. The summed E-state index contributed by atoms with van der Waals surface area (Å²) in [6.45, 7) is 0. The SMILES string of the molecule is CNC(=O)c1ccc(S(=O)(=O)CC(=O)c2ccccc2)cc1. The van der Waals surface area contributed by atoms with Gasteiger partial charge in [0, 0.05) is 18.2 Å². The zero-order chi connectivity index (χ0) is 16.2. The van der Waals surface area contributed by atoms with Crippen LogP contribution in [0.25, 0.3) is 0 Å². The van der Waals surface area contributed by atoms with Gasteiger partial charge in [-0.2, -0.15) is 0 Å². The predicted molar refractivity (Wildman–Crippen MR) is 82.7 cm³/mol. The summed E-state index contributed by atoms with van der Waals surface area (Å²) in [5, 5.41) is 2.45. The van der Waals surface area contributed by atoms with Crippen LogP contribution in [-0.4, -0.2) is 32.9 Å². The number of carbonyl (C=O) groups is 2. The highest BCUT2D eigenvalue weighted by molar-refractivity contribution is 7.92. The summed E-state index contributed by atoms with van der Waals surface area (Å²) in [7, 11) is -2.25. The van der Waals surface area contributed by atoms with Crippen LogP contribution in [0, 0.1) is 0 Å². The molecule has 0 fully saturated rings. The van der Waals surface area contributed by atoms with Crippen molar-refractivity contribution in [2.45, 2.75) is 4.90 Å². The summed E-state index contributed by atoms with van der Waals surface area (Å²) in [4.78, 5) is 23.5. The lowest BCUT2D eigenvalue weighted by molar-refractivity contribution is 0.0961. The molecular formula is C16H15NO4S. The second-order valence-electron chi connectivity index (χ2n) is 4.65. The van der Waals surface area contributed by atoms with Crippen LogP contribution in [0.5, 0.6) is 0 Å². The van der Waals surface area contributed by atoms with E-state index in [-0.39, 0.29) is 10.8 Å². The van der Waals surface area contributed by atoms with Gasteiger partial charge in [-0.25, -0.2) is 8.42 Å². The van der Waals surface area contributed by atoms with Gasteiger partial charge in [0.15, 0.2) is 15.6 Å². The fraction of sp³-hybridized carbons (Fsp3) is 0.125. The largest absolute Gasteiger partial charge is 0.355 e. The zero-order valence-corrected chi connectivity index (χ0v) is 12.8. The van der Waals surface area contributed by atoms with Crippen molar-refractivity contribution in [3.05, 3.63) is 65.7 Å². The zero-order valence-electron chi connectivity index (χ0n) is 11.9. The molecule has 0 spiro atoms. The molecule has 114 valence electrons. The van der Waals surface area contributed by atoms with E-state index >= 15 is 0 Å². The number of rotatable bonds is 5. The quantitative estimate of drug-likeness (QED) is 0.851. The number of hydrogen-bond acceptors (Lipinski definition) is 4. The first-order valence-corrected chi connectivity index (χ1v) is 8.22. The van der Waals surface area contributed by atoms with Crippen LogP contribution in [0.3, 0.4) is 0 Å². The molecule has 5 nitrogen and oxygen atoms in total. The molecule has 0 aromatic heterocycles. The van der Waals surface area contributed by atoms with E-state index in [1.165, 1.54) is 31.3 Å². The van der Waals surface area contributed by atoms with Gasteiger partial charge < -0.3 is 5.32 Å². The summed E-state index contributed by atoms with van der Waals surface area (Å²) in [5.74, 6) is -1.36. The fourth-order valence-electron chi connectivity index (χ4n) is 1.92. The highest BCUT2D eigenvalue weighted by Gasteiger charge is 2.20. The Kier molecular flexibility index (Phi) is 4.72. The van der Waals surface area contributed by atoms with Gasteiger partial charge in [0.25, 0.3) is 5.91 Å². The van der Waals surface area contributed by atoms with Crippen LogP contribution >= 0.6 is 0 Å². The van der Waals surface area contributed by atoms with Crippen molar-refractivity contribution in [2.24, 2.45) is 0 Å². The van der Waals surface area contributed by atoms with Crippen LogP contribution in [-0.2, 0) is 9.84 Å². The van der Waals surface area contributed by atoms with Crippen molar-refractivity contribution in [1.29, 1.82) is 0 Å². The van der Waals surface area contributed by atoms with Crippen molar-refractivity contribution in [1.82, 2.24) is 5.32 Å². The average Bonchev–Trinajstić information content (AvgIpc) is 2.54. The molecule has 0 aliphatic carbocycles. The minimum Gasteiger partial charge on any atom is -0.355 e. The highest BCUT2D eigenvalue weighted by atomic mass is 32.2. The van der Waals surface area contributed by atoms with Gasteiger partial charge in [0.05, 0.1) is 4.90 Å². The van der Waals surface area contributed by atoms with E-state index in [0.29, 0.717) is 11.1 Å². The normalized spacial score (nSPS) is 11.0. The van der Waals surface area contributed by atoms with Crippen molar-refractivity contribution in [3.8, 4) is 0 Å². The lowest BCUT2D eigenvalue weighted by Gasteiger charge is -2.05. The first-order chi connectivity index (χ1) is 10.4. The Balaban J connectivity index is 2.20. The Hall–Kier alpha value is -2.47. The lowest BCUT2D eigenvalue weighted by Crippen LogP contribution is -2.19. The second kappa shape index (κ2) is 6.53. The van der Waals surface area contributed by atoms with Crippen LogP contribution in [0.15, 0.2) is 59.5 Å². The van der Waals surface area contributed by atoms with E-state index in [1.807, 2.05) is 0 Å².